The summed E-state index contributed by atoms with van der Waals surface area (Å²) in [6.45, 7) is 1.89. The lowest BCUT2D eigenvalue weighted by Gasteiger charge is -2.13. The molecule has 0 aliphatic carbocycles. The molecule has 2 N–H and O–H groups in total. The van der Waals surface area contributed by atoms with Crippen LogP contribution in [0.2, 0.25) is 0 Å². The lowest BCUT2D eigenvalue weighted by molar-refractivity contribution is 0.559. The van der Waals surface area contributed by atoms with Crippen molar-refractivity contribution in [3.8, 4) is 0 Å². The number of pyridine rings is 1. The van der Waals surface area contributed by atoms with Gasteiger partial charge in [0.2, 0.25) is 0 Å². The average molecular weight is 206 g/mol. The fraction of sp³-hybridized carbons (Fsp3) is 0.200. The van der Waals surface area contributed by atoms with E-state index in [2.05, 4.69) is 10.1 Å². The first-order chi connectivity index (χ1) is 7.18. The Morgan fingerprint density at radius 1 is 1.47 bits per heavy atom. The normalized spacial score (nSPS) is 12.7. The zero-order chi connectivity index (χ0) is 10.8. The molecule has 2 heterocycles. The zero-order valence-electron chi connectivity index (χ0n) is 8.26. The lowest BCUT2D eigenvalue weighted by atomic mass is 10.1. The summed E-state index contributed by atoms with van der Waals surface area (Å²) in [6.07, 6.45) is 4.39. The van der Waals surface area contributed by atoms with Gasteiger partial charge in [-0.25, -0.2) is 9.07 Å². The molecule has 0 amide bonds. The summed E-state index contributed by atoms with van der Waals surface area (Å²) in [6, 6.07) is 3.00. The second-order valence-corrected chi connectivity index (χ2v) is 3.31. The molecular formula is C10H11FN4. The first-order valence-corrected chi connectivity index (χ1v) is 4.58. The van der Waals surface area contributed by atoms with E-state index in [1.54, 1.807) is 23.1 Å². The van der Waals surface area contributed by atoms with Gasteiger partial charge in [0.15, 0.2) is 0 Å². The van der Waals surface area contributed by atoms with Crippen molar-refractivity contribution < 1.29 is 4.39 Å². The van der Waals surface area contributed by atoms with Gasteiger partial charge in [-0.1, -0.05) is 0 Å². The second-order valence-electron chi connectivity index (χ2n) is 3.31. The summed E-state index contributed by atoms with van der Waals surface area (Å²) in [5.41, 5.74) is 6.44. The number of nitrogens with two attached hydrogens (primary N) is 1. The van der Waals surface area contributed by atoms with Crippen LogP contribution in [0.1, 0.15) is 18.5 Å². The molecule has 78 valence electrons. The average Bonchev–Trinajstić information content (AvgIpc) is 2.63. The number of nitrogen functional groups attached to an aromatic ring is 1. The third-order valence-corrected chi connectivity index (χ3v) is 2.28. The van der Waals surface area contributed by atoms with E-state index >= 15 is 0 Å². The number of rotatable bonds is 2. The van der Waals surface area contributed by atoms with Crippen LogP contribution in [0.5, 0.6) is 0 Å². The molecule has 0 saturated heterocycles. The molecule has 0 spiro atoms. The van der Waals surface area contributed by atoms with Gasteiger partial charge in [0.1, 0.15) is 11.6 Å². The van der Waals surface area contributed by atoms with E-state index in [0.717, 1.165) is 5.56 Å². The van der Waals surface area contributed by atoms with Crippen LogP contribution in [0.15, 0.2) is 30.7 Å². The predicted molar refractivity (Wildman–Crippen MR) is 54.6 cm³/mol. The van der Waals surface area contributed by atoms with Gasteiger partial charge in [0.05, 0.1) is 18.4 Å². The molecule has 15 heavy (non-hydrogen) atoms. The van der Waals surface area contributed by atoms with E-state index in [0.29, 0.717) is 5.82 Å². The van der Waals surface area contributed by atoms with Gasteiger partial charge in [-0.3, -0.25) is 4.98 Å². The summed E-state index contributed by atoms with van der Waals surface area (Å²) in [4.78, 5) is 3.79. The highest BCUT2D eigenvalue weighted by Crippen LogP contribution is 2.19. The minimum absolute atomic E-state index is 0.122. The molecule has 0 fully saturated rings. The Bertz CT molecular complexity index is 466. The summed E-state index contributed by atoms with van der Waals surface area (Å²) < 4.78 is 14.6. The first kappa shape index (κ1) is 9.64. The topological polar surface area (TPSA) is 56.7 Å². The molecule has 4 nitrogen and oxygen atoms in total. The number of nitrogens with zero attached hydrogens (tertiary/aromatic N) is 3. The van der Waals surface area contributed by atoms with Gasteiger partial charge < -0.3 is 5.73 Å². The number of aromatic nitrogens is 3. The lowest BCUT2D eigenvalue weighted by Crippen LogP contribution is -2.11. The Morgan fingerprint density at radius 2 is 2.27 bits per heavy atom. The zero-order valence-corrected chi connectivity index (χ0v) is 8.26. The molecule has 1 atom stereocenters. The van der Waals surface area contributed by atoms with Crippen molar-refractivity contribution in [2.75, 3.05) is 5.73 Å². The first-order valence-electron chi connectivity index (χ1n) is 4.58. The van der Waals surface area contributed by atoms with E-state index < -0.39 is 0 Å². The minimum Gasteiger partial charge on any atom is -0.384 e. The number of anilines is 1. The molecular weight excluding hydrogens is 195 g/mol. The van der Waals surface area contributed by atoms with Crippen LogP contribution in [-0.2, 0) is 0 Å². The van der Waals surface area contributed by atoms with Crippen molar-refractivity contribution in [2.24, 2.45) is 0 Å². The molecule has 0 saturated carbocycles. The maximum atomic E-state index is 12.9. The minimum atomic E-state index is -0.356. The molecule has 5 heteroatoms. The number of halogens is 1. The van der Waals surface area contributed by atoms with Gasteiger partial charge >= 0.3 is 0 Å². The van der Waals surface area contributed by atoms with E-state index in [1.807, 2.05) is 6.92 Å². The van der Waals surface area contributed by atoms with Crippen molar-refractivity contribution in [3.05, 3.63) is 42.1 Å². The van der Waals surface area contributed by atoms with Crippen LogP contribution in [0.4, 0.5) is 10.2 Å². The summed E-state index contributed by atoms with van der Waals surface area (Å²) >= 11 is 0. The predicted octanol–water partition coefficient (Wildman–Crippen LogP) is 1.61. The molecule has 0 bridgehead atoms. The highest BCUT2D eigenvalue weighted by molar-refractivity contribution is 5.29. The smallest absolute Gasteiger partial charge is 0.141 e. The van der Waals surface area contributed by atoms with Crippen molar-refractivity contribution in [1.29, 1.82) is 0 Å². The van der Waals surface area contributed by atoms with Crippen molar-refractivity contribution in [1.82, 2.24) is 14.8 Å². The monoisotopic (exact) mass is 206 g/mol. The second kappa shape index (κ2) is 3.68. The SMILES string of the molecule is CC(c1cncc(F)c1)n1nccc1N. The van der Waals surface area contributed by atoms with Gasteiger partial charge in [0, 0.05) is 6.20 Å². The van der Waals surface area contributed by atoms with Gasteiger partial charge in [-0.2, -0.15) is 5.10 Å². The fourth-order valence-corrected chi connectivity index (χ4v) is 1.45. The van der Waals surface area contributed by atoms with Crippen molar-refractivity contribution in [2.45, 2.75) is 13.0 Å². The van der Waals surface area contributed by atoms with Crippen molar-refractivity contribution in [3.63, 3.8) is 0 Å². The molecule has 0 aliphatic rings. The van der Waals surface area contributed by atoms with Gasteiger partial charge in [0.25, 0.3) is 0 Å². The number of hydrogen-bond acceptors (Lipinski definition) is 3. The number of hydrogen-bond donors (Lipinski definition) is 1. The molecule has 1 unspecified atom stereocenters. The maximum Gasteiger partial charge on any atom is 0.141 e. The Morgan fingerprint density at radius 3 is 2.87 bits per heavy atom. The molecule has 0 aromatic carbocycles. The van der Waals surface area contributed by atoms with Crippen LogP contribution in [-0.4, -0.2) is 14.8 Å². The van der Waals surface area contributed by atoms with Crippen molar-refractivity contribution >= 4 is 5.82 Å². The Hall–Kier alpha value is -1.91. The molecule has 0 aliphatic heterocycles. The van der Waals surface area contributed by atoms with E-state index in [-0.39, 0.29) is 11.9 Å². The maximum absolute atomic E-state index is 12.9. The highest BCUT2D eigenvalue weighted by atomic mass is 19.1. The van der Waals surface area contributed by atoms with Gasteiger partial charge in [-0.15, -0.1) is 0 Å². The van der Waals surface area contributed by atoms with Crippen LogP contribution >= 0.6 is 0 Å². The van der Waals surface area contributed by atoms with Gasteiger partial charge in [-0.05, 0) is 24.6 Å². The third kappa shape index (κ3) is 1.81. The van der Waals surface area contributed by atoms with E-state index in [4.69, 9.17) is 5.73 Å². The van der Waals surface area contributed by atoms with Crippen LogP contribution < -0.4 is 5.73 Å². The molecule has 2 rings (SSSR count). The van der Waals surface area contributed by atoms with Crippen LogP contribution in [0, 0.1) is 5.82 Å². The Balaban J connectivity index is 2.36. The van der Waals surface area contributed by atoms with Crippen LogP contribution in [0.25, 0.3) is 0 Å². The molecule has 2 aromatic rings. The summed E-state index contributed by atoms with van der Waals surface area (Å²) in [7, 11) is 0. The Kier molecular flexibility index (Phi) is 2.37. The van der Waals surface area contributed by atoms with Crippen LogP contribution in [0.3, 0.4) is 0 Å². The van der Waals surface area contributed by atoms with E-state index in [1.165, 1.54) is 12.3 Å². The summed E-state index contributed by atoms with van der Waals surface area (Å²) in [5, 5.41) is 4.06. The largest absolute Gasteiger partial charge is 0.384 e. The summed E-state index contributed by atoms with van der Waals surface area (Å²) in [5.74, 6) is 0.192. The quantitative estimate of drug-likeness (QED) is 0.812. The standard InChI is InChI=1S/C10H11FN4/c1-7(15-10(12)2-3-14-15)8-4-9(11)6-13-5-8/h2-7H,12H2,1H3. The third-order valence-electron chi connectivity index (χ3n) is 2.28. The Labute approximate surface area is 86.6 Å². The van der Waals surface area contributed by atoms with E-state index in [9.17, 15) is 4.39 Å². The molecule has 0 radical (unpaired) electrons. The highest BCUT2D eigenvalue weighted by Gasteiger charge is 2.11. The molecule has 2 aromatic heterocycles. The fourth-order valence-electron chi connectivity index (χ4n) is 1.45.